The lowest BCUT2D eigenvalue weighted by Gasteiger charge is -2.22. The molecule has 0 spiro atoms. The quantitative estimate of drug-likeness (QED) is 0.765. The summed E-state index contributed by atoms with van der Waals surface area (Å²) in [4.78, 5) is 13.6. The van der Waals surface area contributed by atoms with Crippen LogP contribution in [-0.4, -0.2) is 44.2 Å². The Morgan fingerprint density at radius 1 is 1.33 bits per heavy atom. The van der Waals surface area contributed by atoms with Gasteiger partial charge in [-0.05, 0) is 25.1 Å². The smallest absolute Gasteiger partial charge is 0.234 e. The van der Waals surface area contributed by atoms with Crippen LogP contribution in [0.15, 0.2) is 12.1 Å². The summed E-state index contributed by atoms with van der Waals surface area (Å²) in [7, 11) is 1.89. The monoisotopic (exact) mass is 293 g/mol. The molecule has 6 heteroatoms. The number of rotatable bonds is 6. The van der Waals surface area contributed by atoms with E-state index in [0.29, 0.717) is 50.0 Å². The molecule has 1 heterocycles. The fourth-order valence-electron chi connectivity index (χ4n) is 2.20. The van der Waals surface area contributed by atoms with E-state index < -0.39 is 0 Å². The van der Waals surface area contributed by atoms with Crippen molar-refractivity contribution in [3.05, 3.63) is 17.7 Å². The van der Waals surface area contributed by atoms with Gasteiger partial charge in [0.1, 0.15) is 13.2 Å². The third-order valence-electron chi connectivity index (χ3n) is 3.23. The highest BCUT2D eigenvalue weighted by Crippen LogP contribution is 2.34. The molecule has 21 heavy (non-hydrogen) atoms. The number of nitrogens with zero attached hydrogens (tertiary/aromatic N) is 1. The fourth-order valence-corrected chi connectivity index (χ4v) is 2.20. The van der Waals surface area contributed by atoms with Crippen LogP contribution >= 0.6 is 0 Å². The standard InChI is InChI=1S/C15H23N3O3/c1-3-4-17-15(19)10-18(2)9-11-7-13-14(8-12(11)16)21-6-5-20-13/h7-8H,3-6,9-10,16H2,1-2H3,(H,17,19). The number of benzene rings is 1. The normalized spacial score (nSPS) is 13.3. The molecule has 0 bridgehead atoms. The molecule has 1 aliphatic rings. The summed E-state index contributed by atoms with van der Waals surface area (Å²) in [6, 6.07) is 3.68. The molecule has 1 aromatic carbocycles. The third kappa shape index (κ3) is 4.26. The predicted octanol–water partition coefficient (Wildman–Crippen LogP) is 0.998. The van der Waals surface area contributed by atoms with Crippen LogP contribution < -0.4 is 20.5 Å². The molecule has 1 amide bonds. The summed E-state index contributed by atoms with van der Waals surface area (Å²) >= 11 is 0. The van der Waals surface area contributed by atoms with Gasteiger partial charge in [-0.2, -0.15) is 0 Å². The van der Waals surface area contributed by atoms with Crippen LogP contribution in [0.4, 0.5) is 5.69 Å². The van der Waals surface area contributed by atoms with Crippen LogP contribution in [-0.2, 0) is 11.3 Å². The van der Waals surface area contributed by atoms with Crippen molar-refractivity contribution in [2.75, 3.05) is 39.1 Å². The Labute approximate surface area is 125 Å². The van der Waals surface area contributed by atoms with Crippen molar-refractivity contribution in [3.8, 4) is 11.5 Å². The van der Waals surface area contributed by atoms with E-state index >= 15 is 0 Å². The van der Waals surface area contributed by atoms with Crippen molar-refractivity contribution in [1.29, 1.82) is 0 Å². The molecule has 6 nitrogen and oxygen atoms in total. The summed E-state index contributed by atoms with van der Waals surface area (Å²) < 4.78 is 11.0. The van der Waals surface area contributed by atoms with Crippen molar-refractivity contribution in [1.82, 2.24) is 10.2 Å². The van der Waals surface area contributed by atoms with E-state index in [0.717, 1.165) is 12.0 Å². The summed E-state index contributed by atoms with van der Waals surface area (Å²) in [5, 5.41) is 2.86. The Morgan fingerprint density at radius 3 is 2.67 bits per heavy atom. The summed E-state index contributed by atoms with van der Waals surface area (Å²) in [5.74, 6) is 1.43. The maximum absolute atomic E-state index is 11.7. The molecule has 2 rings (SSSR count). The largest absolute Gasteiger partial charge is 0.486 e. The number of fused-ring (bicyclic) bond motifs is 1. The molecule has 116 valence electrons. The first kappa shape index (κ1) is 15.4. The van der Waals surface area contributed by atoms with Crippen molar-refractivity contribution < 1.29 is 14.3 Å². The summed E-state index contributed by atoms with van der Waals surface area (Å²) in [6.45, 7) is 4.75. The Bertz CT molecular complexity index is 505. The highest BCUT2D eigenvalue weighted by atomic mass is 16.6. The molecule has 0 aromatic heterocycles. The van der Waals surface area contributed by atoms with Gasteiger partial charge >= 0.3 is 0 Å². The van der Waals surface area contributed by atoms with Gasteiger partial charge in [0.15, 0.2) is 11.5 Å². The number of anilines is 1. The van der Waals surface area contributed by atoms with Crippen LogP contribution in [0, 0.1) is 0 Å². The maximum atomic E-state index is 11.7. The second-order valence-electron chi connectivity index (χ2n) is 5.22. The number of carbonyl (C=O) groups excluding carboxylic acids is 1. The first-order chi connectivity index (χ1) is 10.1. The average molecular weight is 293 g/mol. The van der Waals surface area contributed by atoms with Crippen molar-refractivity contribution >= 4 is 11.6 Å². The number of carbonyl (C=O) groups is 1. The number of hydrogen-bond donors (Lipinski definition) is 2. The van der Waals surface area contributed by atoms with Gasteiger partial charge < -0.3 is 20.5 Å². The lowest BCUT2D eigenvalue weighted by Crippen LogP contribution is -2.35. The lowest BCUT2D eigenvalue weighted by molar-refractivity contribution is -0.122. The Kier molecular flexibility index (Phi) is 5.27. The van der Waals surface area contributed by atoms with Crippen molar-refractivity contribution in [2.24, 2.45) is 0 Å². The topological polar surface area (TPSA) is 76.8 Å². The van der Waals surface area contributed by atoms with E-state index in [4.69, 9.17) is 15.2 Å². The van der Waals surface area contributed by atoms with Gasteiger partial charge in [0.05, 0.1) is 6.54 Å². The van der Waals surface area contributed by atoms with Gasteiger partial charge in [0.25, 0.3) is 0 Å². The van der Waals surface area contributed by atoms with Crippen LogP contribution in [0.5, 0.6) is 11.5 Å². The number of hydrogen-bond acceptors (Lipinski definition) is 5. The molecular formula is C15H23N3O3. The molecular weight excluding hydrogens is 270 g/mol. The summed E-state index contributed by atoms with van der Waals surface area (Å²) in [6.07, 6.45) is 0.935. The van der Waals surface area contributed by atoms with Crippen molar-refractivity contribution in [2.45, 2.75) is 19.9 Å². The van der Waals surface area contributed by atoms with Gasteiger partial charge in [-0.3, -0.25) is 9.69 Å². The zero-order valence-corrected chi connectivity index (χ0v) is 12.6. The Hall–Kier alpha value is -1.95. The minimum absolute atomic E-state index is 0.0236. The number of nitrogen functional groups attached to an aromatic ring is 1. The van der Waals surface area contributed by atoms with Gasteiger partial charge in [-0.25, -0.2) is 0 Å². The van der Waals surface area contributed by atoms with E-state index in [-0.39, 0.29) is 5.91 Å². The number of likely N-dealkylation sites (N-methyl/N-ethyl adjacent to an activating group) is 1. The molecule has 0 aliphatic carbocycles. The number of amides is 1. The maximum Gasteiger partial charge on any atom is 0.234 e. The minimum atomic E-state index is 0.0236. The highest BCUT2D eigenvalue weighted by Gasteiger charge is 2.16. The van der Waals surface area contributed by atoms with Crippen molar-refractivity contribution in [3.63, 3.8) is 0 Å². The zero-order valence-electron chi connectivity index (χ0n) is 12.6. The first-order valence-electron chi connectivity index (χ1n) is 7.23. The number of ether oxygens (including phenoxy) is 2. The number of nitrogens with one attached hydrogen (secondary N) is 1. The molecule has 0 radical (unpaired) electrons. The second-order valence-corrected chi connectivity index (χ2v) is 5.22. The molecule has 0 saturated heterocycles. The van der Waals surface area contributed by atoms with Gasteiger partial charge in [-0.1, -0.05) is 6.92 Å². The van der Waals surface area contributed by atoms with E-state index in [1.165, 1.54) is 0 Å². The molecule has 0 fully saturated rings. The highest BCUT2D eigenvalue weighted by molar-refractivity contribution is 5.78. The zero-order chi connectivity index (χ0) is 15.2. The first-order valence-corrected chi connectivity index (χ1v) is 7.23. The number of nitrogens with two attached hydrogens (primary N) is 1. The fraction of sp³-hybridized carbons (Fsp3) is 0.533. The van der Waals surface area contributed by atoms with Crippen LogP contribution in [0.1, 0.15) is 18.9 Å². The second kappa shape index (κ2) is 7.17. The van der Waals surface area contributed by atoms with E-state index in [1.54, 1.807) is 6.07 Å². The Morgan fingerprint density at radius 2 is 2.00 bits per heavy atom. The Balaban J connectivity index is 1.97. The molecule has 0 saturated carbocycles. The average Bonchev–Trinajstić information content (AvgIpc) is 2.45. The van der Waals surface area contributed by atoms with Gasteiger partial charge in [0.2, 0.25) is 5.91 Å². The molecule has 3 N–H and O–H groups in total. The van der Waals surface area contributed by atoms with E-state index in [1.807, 2.05) is 24.9 Å². The van der Waals surface area contributed by atoms with Gasteiger partial charge in [-0.15, -0.1) is 0 Å². The van der Waals surface area contributed by atoms with E-state index in [2.05, 4.69) is 5.32 Å². The SMILES string of the molecule is CCCNC(=O)CN(C)Cc1cc2c(cc1N)OCCO2. The summed E-state index contributed by atoms with van der Waals surface area (Å²) in [5.41, 5.74) is 7.63. The predicted molar refractivity (Wildman–Crippen MR) is 81.5 cm³/mol. The lowest BCUT2D eigenvalue weighted by atomic mass is 10.1. The van der Waals surface area contributed by atoms with Crippen LogP contribution in [0.25, 0.3) is 0 Å². The third-order valence-corrected chi connectivity index (χ3v) is 3.23. The van der Waals surface area contributed by atoms with Gasteiger partial charge in [0, 0.05) is 24.8 Å². The molecule has 0 atom stereocenters. The molecule has 0 unspecified atom stereocenters. The molecule has 1 aromatic rings. The molecule has 1 aliphatic heterocycles. The minimum Gasteiger partial charge on any atom is -0.486 e. The van der Waals surface area contributed by atoms with Crippen LogP contribution in [0.2, 0.25) is 0 Å². The van der Waals surface area contributed by atoms with Crippen LogP contribution in [0.3, 0.4) is 0 Å². The van der Waals surface area contributed by atoms with E-state index in [9.17, 15) is 4.79 Å².